The van der Waals surface area contributed by atoms with Crippen LogP contribution in [0, 0.1) is 5.92 Å². The SMILES string of the molecule is CCn1nc(C(=O)NCC(C(C)C)N2CCOCC2)c2ccccc2c1=O. The van der Waals surface area contributed by atoms with Crippen molar-refractivity contribution in [3.8, 4) is 0 Å². The highest BCUT2D eigenvalue weighted by atomic mass is 16.5. The monoisotopic (exact) mass is 372 g/mol. The number of morpholine rings is 1. The van der Waals surface area contributed by atoms with Crippen LogP contribution in [0.2, 0.25) is 0 Å². The number of hydrogen-bond donors (Lipinski definition) is 1. The third kappa shape index (κ3) is 4.20. The number of amides is 1. The summed E-state index contributed by atoms with van der Waals surface area (Å²) in [7, 11) is 0. The molecule has 2 heterocycles. The molecule has 7 nitrogen and oxygen atoms in total. The molecule has 1 saturated heterocycles. The number of aryl methyl sites for hydroxylation is 1. The molecule has 1 aliphatic rings. The Morgan fingerprint density at radius 3 is 2.52 bits per heavy atom. The van der Waals surface area contributed by atoms with E-state index in [0.717, 1.165) is 26.3 Å². The molecule has 1 unspecified atom stereocenters. The maximum atomic E-state index is 12.9. The van der Waals surface area contributed by atoms with Crippen LogP contribution in [0.5, 0.6) is 0 Å². The topological polar surface area (TPSA) is 76.5 Å². The van der Waals surface area contributed by atoms with E-state index in [1.165, 1.54) is 4.68 Å². The zero-order valence-electron chi connectivity index (χ0n) is 16.3. The molecule has 2 aromatic rings. The average molecular weight is 372 g/mol. The number of hydrogen-bond acceptors (Lipinski definition) is 5. The summed E-state index contributed by atoms with van der Waals surface area (Å²) < 4.78 is 6.78. The molecular formula is C20H28N4O3. The smallest absolute Gasteiger partial charge is 0.274 e. The number of ether oxygens (including phenoxy) is 1. The van der Waals surface area contributed by atoms with E-state index in [4.69, 9.17) is 4.74 Å². The molecule has 27 heavy (non-hydrogen) atoms. The molecule has 3 rings (SSSR count). The third-order valence-corrected chi connectivity index (χ3v) is 5.14. The number of aromatic nitrogens is 2. The molecule has 1 amide bonds. The molecule has 1 N–H and O–H groups in total. The van der Waals surface area contributed by atoms with E-state index < -0.39 is 0 Å². The zero-order chi connectivity index (χ0) is 19.4. The van der Waals surface area contributed by atoms with Crippen LogP contribution in [0.4, 0.5) is 0 Å². The van der Waals surface area contributed by atoms with Gasteiger partial charge in [0, 0.05) is 37.6 Å². The normalized spacial score (nSPS) is 16.6. The van der Waals surface area contributed by atoms with Crippen molar-refractivity contribution in [1.82, 2.24) is 20.0 Å². The van der Waals surface area contributed by atoms with Crippen LogP contribution in [0.25, 0.3) is 10.8 Å². The van der Waals surface area contributed by atoms with Crippen LogP contribution in [-0.2, 0) is 11.3 Å². The van der Waals surface area contributed by atoms with Gasteiger partial charge in [0.2, 0.25) is 0 Å². The first-order valence-electron chi connectivity index (χ1n) is 9.62. The molecule has 0 saturated carbocycles. The molecule has 1 fully saturated rings. The van der Waals surface area contributed by atoms with Gasteiger partial charge in [0.15, 0.2) is 5.69 Å². The molecule has 7 heteroatoms. The lowest BCUT2D eigenvalue weighted by atomic mass is 10.0. The second-order valence-corrected chi connectivity index (χ2v) is 7.18. The van der Waals surface area contributed by atoms with Crippen molar-refractivity contribution in [2.75, 3.05) is 32.8 Å². The molecule has 1 aliphatic heterocycles. The molecule has 146 valence electrons. The molecule has 1 atom stereocenters. The molecule has 0 aliphatic carbocycles. The maximum absolute atomic E-state index is 12.9. The Bertz CT molecular complexity index is 856. The van der Waals surface area contributed by atoms with Gasteiger partial charge in [-0.15, -0.1) is 0 Å². The van der Waals surface area contributed by atoms with Gasteiger partial charge in [0.1, 0.15) is 0 Å². The molecule has 1 aromatic carbocycles. The maximum Gasteiger partial charge on any atom is 0.274 e. The fourth-order valence-corrected chi connectivity index (χ4v) is 3.59. The summed E-state index contributed by atoms with van der Waals surface area (Å²) in [6.45, 7) is 10.3. The lowest BCUT2D eigenvalue weighted by molar-refractivity contribution is 0.00671. The Kier molecular flexibility index (Phi) is 6.23. The average Bonchev–Trinajstić information content (AvgIpc) is 2.69. The number of benzene rings is 1. The fraction of sp³-hybridized carbons (Fsp3) is 0.550. The number of nitrogens with zero attached hydrogens (tertiary/aromatic N) is 3. The number of carbonyl (C=O) groups excluding carboxylic acids is 1. The van der Waals surface area contributed by atoms with Crippen LogP contribution in [-0.4, -0.2) is 59.5 Å². The highest BCUT2D eigenvalue weighted by Gasteiger charge is 2.25. The van der Waals surface area contributed by atoms with Gasteiger partial charge in [-0.2, -0.15) is 5.10 Å². The molecular weight excluding hydrogens is 344 g/mol. The summed E-state index contributed by atoms with van der Waals surface area (Å²) in [5.41, 5.74) is 0.134. The fourth-order valence-electron chi connectivity index (χ4n) is 3.59. The van der Waals surface area contributed by atoms with Gasteiger partial charge in [-0.25, -0.2) is 4.68 Å². The van der Waals surface area contributed by atoms with Gasteiger partial charge < -0.3 is 10.1 Å². The lowest BCUT2D eigenvalue weighted by Crippen LogP contribution is -2.51. The van der Waals surface area contributed by atoms with Crippen molar-refractivity contribution < 1.29 is 9.53 Å². The van der Waals surface area contributed by atoms with Gasteiger partial charge >= 0.3 is 0 Å². The van der Waals surface area contributed by atoms with Gasteiger partial charge in [0.05, 0.1) is 18.6 Å². The molecule has 1 aromatic heterocycles. The first-order valence-corrected chi connectivity index (χ1v) is 9.62. The van der Waals surface area contributed by atoms with Gasteiger partial charge in [-0.3, -0.25) is 14.5 Å². The summed E-state index contributed by atoms with van der Waals surface area (Å²) in [6, 6.07) is 7.38. The first kappa shape index (κ1) is 19.5. The number of nitrogens with one attached hydrogen (secondary N) is 1. The Morgan fingerprint density at radius 1 is 1.22 bits per heavy atom. The van der Waals surface area contributed by atoms with Crippen LogP contribution < -0.4 is 10.9 Å². The summed E-state index contributed by atoms with van der Waals surface area (Å²) in [5.74, 6) is 0.157. The summed E-state index contributed by atoms with van der Waals surface area (Å²) in [6.07, 6.45) is 0. The Morgan fingerprint density at radius 2 is 1.89 bits per heavy atom. The predicted octanol–water partition coefficient (Wildman–Crippen LogP) is 1.50. The minimum absolute atomic E-state index is 0.168. The summed E-state index contributed by atoms with van der Waals surface area (Å²) in [4.78, 5) is 27.7. The van der Waals surface area contributed by atoms with Crippen LogP contribution >= 0.6 is 0 Å². The van der Waals surface area contributed by atoms with E-state index in [1.54, 1.807) is 18.2 Å². The lowest BCUT2D eigenvalue weighted by Gasteiger charge is -2.36. The van der Waals surface area contributed by atoms with E-state index in [-0.39, 0.29) is 17.5 Å². The Labute approximate surface area is 159 Å². The number of fused-ring (bicyclic) bond motifs is 1. The predicted molar refractivity (Wildman–Crippen MR) is 105 cm³/mol. The van der Waals surface area contributed by atoms with Crippen molar-refractivity contribution in [2.24, 2.45) is 5.92 Å². The number of carbonyl (C=O) groups is 1. The van der Waals surface area contributed by atoms with Crippen molar-refractivity contribution in [3.05, 3.63) is 40.3 Å². The van der Waals surface area contributed by atoms with Crippen LogP contribution in [0.15, 0.2) is 29.1 Å². The van der Waals surface area contributed by atoms with E-state index in [9.17, 15) is 9.59 Å². The van der Waals surface area contributed by atoms with E-state index in [1.807, 2.05) is 13.0 Å². The second kappa shape index (κ2) is 8.63. The Balaban J connectivity index is 1.83. The number of rotatable bonds is 6. The van der Waals surface area contributed by atoms with Gasteiger partial charge in [0.25, 0.3) is 11.5 Å². The minimum Gasteiger partial charge on any atom is -0.379 e. The quantitative estimate of drug-likeness (QED) is 0.832. The van der Waals surface area contributed by atoms with E-state index in [2.05, 4.69) is 29.2 Å². The van der Waals surface area contributed by atoms with E-state index in [0.29, 0.717) is 35.5 Å². The third-order valence-electron chi connectivity index (χ3n) is 5.14. The highest BCUT2D eigenvalue weighted by molar-refractivity contribution is 6.04. The molecule has 0 bridgehead atoms. The molecule has 0 radical (unpaired) electrons. The van der Waals surface area contributed by atoms with Gasteiger partial charge in [-0.1, -0.05) is 32.0 Å². The standard InChI is InChI=1S/C20H28N4O3/c1-4-24-20(26)16-8-6-5-7-15(16)18(22-24)19(25)21-13-17(14(2)3)23-9-11-27-12-10-23/h5-8,14,17H,4,9-13H2,1-3H3,(H,21,25). The highest BCUT2D eigenvalue weighted by Crippen LogP contribution is 2.15. The second-order valence-electron chi connectivity index (χ2n) is 7.18. The van der Waals surface area contributed by atoms with E-state index >= 15 is 0 Å². The largest absolute Gasteiger partial charge is 0.379 e. The first-order chi connectivity index (χ1) is 13.0. The molecule has 0 spiro atoms. The van der Waals surface area contributed by atoms with Crippen LogP contribution in [0.1, 0.15) is 31.3 Å². The summed E-state index contributed by atoms with van der Waals surface area (Å²) in [5, 5.41) is 8.47. The van der Waals surface area contributed by atoms with Gasteiger partial charge in [-0.05, 0) is 18.9 Å². The Hall–Kier alpha value is -2.25. The van der Waals surface area contributed by atoms with Crippen molar-refractivity contribution in [2.45, 2.75) is 33.4 Å². The van der Waals surface area contributed by atoms with Crippen molar-refractivity contribution >= 4 is 16.7 Å². The van der Waals surface area contributed by atoms with Crippen molar-refractivity contribution in [3.63, 3.8) is 0 Å². The van der Waals surface area contributed by atoms with Crippen LogP contribution in [0.3, 0.4) is 0 Å². The summed E-state index contributed by atoms with van der Waals surface area (Å²) >= 11 is 0. The minimum atomic E-state index is -0.243. The van der Waals surface area contributed by atoms with Crippen molar-refractivity contribution in [1.29, 1.82) is 0 Å². The zero-order valence-corrected chi connectivity index (χ0v) is 16.3.